The summed E-state index contributed by atoms with van der Waals surface area (Å²) in [5.41, 5.74) is 2.18. The average Bonchev–Trinajstić information content (AvgIpc) is 2.67. The summed E-state index contributed by atoms with van der Waals surface area (Å²) in [5.74, 6) is 0.582. The molecule has 3 aromatic rings. The summed E-state index contributed by atoms with van der Waals surface area (Å²) in [7, 11) is 0. The highest BCUT2D eigenvalue weighted by Crippen LogP contribution is 2.41. The van der Waals surface area contributed by atoms with Crippen LogP contribution >= 0.6 is 0 Å². The Morgan fingerprint density at radius 1 is 1.00 bits per heavy atom. The van der Waals surface area contributed by atoms with Crippen LogP contribution in [0.5, 0.6) is 17.2 Å². The Morgan fingerprint density at radius 2 is 1.69 bits per heavy atom. The number of benzene rings is 3. The van der Waals surface area contributed by atoms with Crippen LogP contribution in [-0.4, -0.2) is 10.9 Å². The first-order valence-electron chi connectivity index (χ1n) is 8.49. The number of carbonyl (C=O) groups is 1. The van der Waals surface area contributed by atoms with Gasteiger partial charge in [-0.2, -0.15) is 0 Å². The van der Waals surface area contributed by atoms with Crippen LogP contribution in [0.2, 0.25) is 0 Å². The quantitative estimate of drug-likeness (QED) is 0.745. The van der Waals surface area contributed by atoms with Gasteiger partial charge in [-0.05, 0) is 11.1 Å². The number of phenols is 1. The molecule has 4 heteroatoms. The second kappa shape index (κ2) is 6.92. The highest BCUT2D eigenvalue weighted by molar-refractivity contribution is 6.02. The van der Waals surface area contributed by atoms with E-state index in [4.69, 9.17) is 9.47 Å². The minimum Gasteiger partial charge on any atom is -0.507 e. The van der Waals surface area contributed by atoms with E-state index in [-0.39, 0.29) is 29.6 Å². The number of hydrogen-bond donors (Lipinski definition) is 1. The van der Waals surface area contributed by atoms with E-state index in [0.717, 1.165) is 11.1 Å². The fraction of sp³-hybridized carbons (Fsp3) is 0.136. The average molecular weight is 346 g/mol. The van der Waals surface area contributed by atoms with E-state index < -0.39 is 0 Å². The van der Waals surface area contributed by atoms with Gasteiger partial charge in [0.05, 0.1) is 6.42 Å². The van der Waals surface area contributed by atoms with Gasteiger partial charge in [-0.25, -0.2) is 0 Å². The Balaban J connectivity index is 1.59. The summed E-state index contributed by atoms with van der Waals surface area (Å²) in [6, 6.07) is 22.5. The molecule has 0 radical (unpaired) electrons. The zero-order valence-electron chi connectivity index (χ0n) is 14.1. The zero-order chi connectivity index (χ0) is 17.9. The number of carbonyl (C=O) groups excluding carboxylic acids is 1. The molecule has 1 aliphatic heterocycles. The monoisotopic (exact) mass is 346 g/mol. The van der Waals surface area contributed by atoms with E-state index in [1.54, 1.807) is 6.07 Å². The molecule has 1 atom stereocenters. The fourth-order valence-electron chi connectivity index (χ4n) is 3.09. The number of aromatic hydroxyl groups is 1. The standard InChI is InChI=1S/C22H18O4/c23-18-11-17(25-14-15-7-3-1-4-8-15)12-21-22(18)19(24)13-20(26-21)16-9-5-2-6-10-16/h1-12,20,23H,13-14H2/t20-/m1/s1. The van der Waals surface area contributed by atoms with Crippen LogP contribution in [0, 0.1) is 0 Å². The summed E-state index contributed by atoms with van der Waals surface area (Å²) >= 11 is 0. The fourth-order valence-corrected chi connectivity index (χ4v) is 3.09. The van der Waals surface area contributed by atoms with Gasteiger partial charge in [0.15, 0.2) is 5.78 Å². The highest BCUT2D eigenvalue weighted by Gasteiger charge is 2.30. The second-order valence-corrected chi connectivity index (χ2v) is 6.23. The molecule has 0 spiro atoms. The van der Waals surface area contributed by atoms with E-state index >= 15 is 0 Å². The second-order valence-electron chi connectivity index (χ2n) is 6.23. The van der Waals surface area contributed by atoms with Crippen LogP contribution < -0.4 is 9.47 Å². The predicted molar refractivity (Wildman–Crippen MR) is 97.6 cm³/mol. The minimum atomic E-state index is -0.361. The number of rotatable bonds is 4. The normalized spacial score (nSPS) is 15.8. The van der Waals surface area contributed by atoms with Crippen molar-refractivity contribution in [2.24, 2.45) is 0 Å². The molecule has 0 aromatic heterocycles. The Hall–Kier alpha value is -3.27. The molecule has 0 amide bonds. The molecule has 0 aliphatic carbocycles. The molecule has 0 saturated heterocycles. The van der Waals surface area contributed by atoms with Gasteiger partial charge in [0.2, 0.25) is 0 Å². The number of fused-ring (bicyclic) bond motifs is 1. The number of ketones is 1. The molecule has 0 unspecified atom stereocenters. The molecule has 0 bridgehead atoms. The lowest BCUT2D eigenvalue weighted by Crippen LogP contribution is -2.20. The van der Waals surface area contributed by atoms with Crippen LogP contribution in [0.3, 0.4) is 0 Å². The van der Waals surface area contributed by atoms with Crippen molar-refractivity contribution in [3.63, 3.8) is 0 Å². The lowest BCUT2D eigenvalue weighted by atomic mass is 9.95. The molecule has 4 rings (SSSR count). The van der Waals surface area contributed by atoms with Crippen molar-refractivity contribution in [1.82, 2.24) is 0 Å². The van der Waals surface area contributed by atoms with Crippen molar-refractivity contribution in [1.29, 1.82) is 0 Å². The lowest BCUT2D eigenvalue weighted by Gasteiger charge is -2.26. The minimum absolute atomic E-state index is 0.109. The van der Waals surface area contributed by atoms with Gasteiger partial charge in [-0.3, -0.25) is 4.79 Å². The van der Waals surface area contributed by atoms with E-state index in [9.17, 15) is 9.90 Å². The molecule has 3 aromatic carbocycles. The van der Waals surface area contributed by atoms with Gasteiger partial charge in [0.1, 0.15) is 35.5 Å². The third-order valence-electron chi connectivity index (χ3n) is 4.39. The molecule has 4 nitrogen and oxygen atoms in total. The zero-order valence-corrected chi connectivity index (χ0v) is 14.1. The first-order chi connectivity index (χ1) is 12.7. The first kappa shape index (κ1) is 16.2. The van der Waals surface area contributed by atoms with Gasteiger partial charge in [0.25, 0.3) is 0 Å². The number of hydrogen-bond acceptors (Lipinski definition) is 4. The largest absolute Gasteiger partial charge is 0.507 e. The van der Waals surface area contributed by atoms with Crippen LogP contribution in [0.1, 0.15) is 34.0 Å². The molecule has 1 N–H and O–H groups in total. The lowest BCUT2D eigenvalue weighted by molar-refractivity contribution is 0.0844. The molecular weight excluding hydrogens is 328 g/mol. The summed E-state index contributed by atoms with van der Waals surface area (Å²) in [5, 5.41) is 10.3. The van der Waals surface area contributed by atoms with E-state index in [2.05, 4.69) is 0 Å². The van der Waals surface area contributed by atoms with E-state index in [1.807, 2.05) is 60.7 Å². The van der Waals surface area contributed by atoms with Gasteiger partial charge in [-0.15, -0.1) is 0 Å². The predicted octanol–water partition coefficient (Wildman–Crippen LogP) is 4.68. The molecule has 0 fully saturated rings. The third-order valence-corrected chi connectivity index (χ3v) is 4.39. The Kier molecular flexibility index (Phi) is 4.32. The van der Waals surface area contributed by atoms with Crippen LogP contribution in [0.15, 0.2) is 72.8 Å². The van der Waals surface area contributed by atoms with Gasteiger partial charge >= 0.3 is 0 Å². The number of Topliss-reactive ketones (excluding diaryl/α,β-unsaturated/α-hetero) is 1. The van der Waals surface area contributed by atoms with Crippen molar-refractivity contribution in [3.05, 3.63) is 89.5 Å². The topological polar surface area (TPSA) is 55.8 Å². The van der Waals surface area contributed by atoms with E-state index in [0.29, 0.717) is 18.1 Å². The SMILES string of the molecule is O=C1C[C@H](c2ccccc2)Oc2cc(OCc3ccccc3)cc(O)c21. The van der Waals surface area contributed by atoms with Crippen LogP contribution in [-0.2, 0) is 6.61 Å². The maximum atomic E-state index is 12.5. The van der Waals surface area contributed by atoms with Crippen LogP contribution in [0.25, 0.3) is 0 Å². The van der Waals surface area contributed by atoms with Crippen molar-refractivity contribution in [2.45, 2.75) is 19.1 Å². The smallest absolute Gasteiger partial charge is 0.174 e. The van der Waals surface area contributed by atoms with Crippen molar-refractivity contribution in [2.75, 3.05) is 0 Å². The maximum Gasteiger partial charge on any atom is 0.174 e. The first-order valence-corrected chi connectivity index (χ1v) is 8.49. The molecule has 1 aliphatic rings. The van der Waals surface area contributed by atoms with Crippen molar-refractivity contribution >= 4 is 5.78 Å². The summed E-state index contributed by atoms with van der Waals surface area (Å²) in [6.07, 6.45) is -0.158. The molecule has 130 valence electrons. The Morgan fingerprint density at radius 3 is 2.42 bits per heavy atom. The highest BCUT2D eigenvalue weighted by atomic mass is 16.5. The summed E-state index contributed by atoms with van der Waals surface area (Å²) in [4.78, 5) is 12.5. The Bertz CT molecular complexity index is 920. The molecule has 1 heterocycles. The number of ether oxygens (including phenoxy) is 2. The van der Waals surface area contributed by atoms with Crippen molar-refractivity contribution < 1.29 is 19.4 Å². The summed E-state index contributed by atoms with van der Waals surface area (Å²) in [6.45, 7) is 0.370. The molecule has 0 saturated carbocycles. The third kappa shape index (κ3) is 3.26. The van der Waals surface area contributed by atoms with Crippen molar-refractivity contribution in [3.8, 4) is 17.2 Å². The molecule has 26 heavy (non-hydrogen) atoms. The maximum absolute atomic E-state index is 12.5. The molecular formula is C22H18O4. The van der Waals surface area contributed by atoms with Gasteiger partial charge in [-0.1, -0.05) is 60.7 Å². The van der Waals surface area contributed by atoms with Gasteiger partial charge < -0.3 is 14.6 Å². The van der Waals surface area contributed by atoms with Crippen LogP contribution in [0.4, 0.5) is 0 Å². The van der Waals surface area contributed by atoms with E-state index in [1.165, 1.54) is 6.07 Å². The number of phenolic OH excluding ortho intramolecular Hbond substituents is 1. The van der Waals surface area contributed by atoms with Gasteiger partial charge in [0, 0.05) is 12.1 Å². The summed E-state index contributed by atoms with van der Waals surface area (Å²) < 4.78 is 11.8. The Labute approximate surface area is 151 Å².